The number of rotatable bonds is 6. The Morgan fingerprint density at radius 2 is 2.00 bits per heavy atom. The van der Waals surface area contributed by atoms with Crippen molar-refractivity contribution < 1.29 is 17.9 Å². The maximum Gasteiger partial charge on any atom is 0.416 e. The van der Waals surface area contributed by atoms with E-state index in [0.29, 0.717) is 11.8 Å². The highest BCUT2D eigenvalue weighted by atomic mass is 19.4. The third-order valence-corrected chi connectivity index (χ3v) is 3.89. The summed E-state index contributed by atoms with van der Waals surface area (Å²) in [5, 5.41) is 3.33. The summed E-state index contributed by atoms with van der Waals surface area (Å²) in [5.41, 5.74) is -0.957. The van der Waals surface area contributed by atoms with Crippen molar-refractivity contribution in [2.24, 2.45) is 0 Å². The Morgan fingerprint density at radius 1 is 1.29 bits per heavy atom. The van der Waals surface area contributed by atoms with Gasteiger partial charge in [-0.1, -0.05) is 19.9 Å². The molecule has 0 aliphatic heterocycles. The first-order chi connectivity index (χ1) is 9.81. The number of hydrogen-bond acceptors (Lipinski definition) is 2. The molecule has 0 unspecified atom stereocenters. The van der Waals surface area contributed by atoms with Crippen LogP contribution in [0.4, 0.5) is 13.2 Å². The average Bonchev–Trinajstić information content (AvgIpc) is 2.34. The maximum atomic E-state index is 12.7. The lowest BCUT2D eigenvalue weighted by Gasteiger charge is -2.42. The van der Waals surface area contributed by atoms with Crippen molar-refractivity contribution >= 4 is 0 Å². The van der Waals surface area contributed by atoms with E-state index in [2.05, 4.69) is 19.2 Å². The van der Waals surface area contributed by atoms with Crippen LogP contribution in [0.5, 0.6) is 5.75 Å². The number of nitrogens with one attached hydrogen (secondary N) is 1. The number of alkyl halides is 3. The standard InChI is InChI=1S/C16H22F3NO/c1-12(2)20-10-9-15(7-4-8-15)21-14-6-3-5-13(11-14)16(17,18)19/h3,5-6,11-12,20H,4,7-10H2,1-2H3. The summed E-state index contributed by atoms with van der Waals surface area (Å²) >= 11 is 0. The van der Waals surface area contributed by atoms with Crippen LogP contribution in [-0.2, 0) is 6.18 Å². The molecule has 1 N–H and O–H groups in total. The molecule has 1 saturated carbocycles. The summed E-state index contributed by atoms with van der Waals surface area (Å²) in [5.74, 6) is 0.314. The summed E-state index contributed by atoms with van der Waals surface area (Å²) in [6.07, 6.45) is -0.626. The molecule has 2 nitrogen and oxygen atoms in total. The molecule has 0 radical (unpaired) electrons. The molecule has 1 aliphatic rings. The topological polar surface area (TPSA) is 21.3 Å². The maximum absolute atomic E-state index is 12.7. The Labute approximate surface area is 123 Å². The van der Waals surface area contributed by atoms with Crippen molar-refractivity contribution in [3.05, 3.63) is 29.8 Å². The highest BCUT2D eigenvalue weighted by molar-refractivity contribution is 5.31. The lowest BCUT2D eigenvalue weighted by molar-refractivity contribution is -0.137. The largest absolute Gasteiger partial charge is 0.487 e. The molecule has 1 aliphatic carbocycles. The molecule has 118 valence electrons. The molecular formula is C16H22F3NO. The predicted octanol–water partition coefficient (Wildman–Crippen LogP) is 4.40. The summed E-state index contributed by atoms with van der Waals surface area (Å²) in [7, 11) is 0. The van der Waals surface area contributed by atoms with Gasteiger partial charge >= 0.3 is 6.18 Å². The van der Waals surface area contributed by atoms with Crippen LogP contribution in [0.25, 0.3) is 0 Å². The molecule has 21 heavy (non-hydrogen) atoms. The molecule has 1 aromatic rings. The van der Waals surface area contributed by atoms with Crippen LogP contribution in [0.2, 0.25) is 0 Å². The third-order valence-electron chi connectivity index (χ3n) is 3.89. The molecule has 0 saturated heterocycles. The van der Waals surface area contributed by atoms with Crippen LogP contribution >= 0.6 is 0 Å². The lowest BCUT2D eigenvalue weighted by atomic mass is 9.77. The highest BCUT2D eigenvalue weighted by Crippen LogP contribution is 2.40. The van der Waals surface area contributed by atoms with Gasteiger partial charge in [0.05, 0.1) is 5.56 Å². The fourth-order valence-corrected chi connectivity index (χ4v) is 2.55. The Morgan fingerprint density at radius 3 is 2.52 bits per heavy atom. The molecule has 0 aromatic heterocycles. The highest BCUT2D eigenvalue weighted by Gasteiger charge is 2.39. The van der Waals surface area contributed by atoms with Crippen molar-refractivity contribution in [1.29, 1.82) is 0 Å². The van der Waals surface area contributed by atoms with E-state index < -0.39 is 11.7 Å². The van der Waals surface area contributed by atoms with Gasteiger partial charge in [-0.2, -0.15) is 13.2 Å². The van der Waals surface area contributed by atoms with Gasteiger partial charge in [0.15, 0.2) is 0 Å². The fraction of sp³-hybridized carbons (Fsp3) is 0.625. The molecular weight excluding hydrogens is 279 g/mol. The second-order valence-electron chi connectivity index (χ2n) is 6.02. The second kappa shape index (κ2) is 6.26. The van der Waals surface area contributed by atoms with Crippen LogP contribution in [0.15, 0.2) is 24.3 Å². The molecule has 1 aromatic carbocycles. The van der Waals surface area contributed by atoms with Gasteiger partial charge < -0.3 is 10.1 Å². The zero-order valence-corrected chi connectivity index (χ0v) is 12.5. The van der Waals surface area contributed by atoms with E-state index in [1.807, 2.05) is 0 Å². The van der Waals surface area contributed by atoms with Crippen LogP contribution in [0.3, 0.4) is 0 Å². The second-order valence-corrected chi connectivity index (χ2v) is 6.02. The molecule has 0 atom stereocenters. The van der Waals surface area contributed by atoms with E-state index in [1.165, 1.54) is 6.07 Å². The van der Waals surface area contributed by atoms with Crippen molar-refractivity contribution in [1.82, 2.24) is 5.32 Å². The summed E-state index contributed by atoms with van der Waals surface area (Å²) in [6.45, 7) is 4.96. The summed E-state index contributed by atoms with van der Waals surface area (Å²) in [4.78, 5) is 0. The van der Waals surface area contributed by atoms with Gasteiger partial charge in [0.2, 0.25) is 0 Å². The molecule has 2 rings (SSSR count). The zero-order valence-electron chi connectivity index (χ0n) is 12.5. The zero-order chi connectivity index (χ0) is 15.5. The first kappa shape index (κ1) is 16.1. The van der Waals surface area contributed by atoms with Crippen LogP contribution in [0, 0.1) is 0 Å². The Balaban J connectivity index is 2.01. The normalized spacial score (nSPS) is 17.6. The smallest absolute Gasteiger partial charge is 0.416 e. The van der Waals surface area contributed by atoms with Gasteiger partial charge in [0, 0.05) is 6.04 Å². The number of hydrogen-bond donors (Lipinski definition) is 1. The van der Waals surface area contributed by atoms with Gasteiger partial charge in [0.1, 0.15) is 11.4 Å². The van der Waals surface area contributed by atoms with Gasteiger partial charge in [-0.3, -0.25) is 0 Å². The SMILES string of the molecule is CC(C)NCCC1(Oc2cccc(C(F)(F)F)c2)CCC1. The van der Waals surface area contributed by atoms with Crippen molar-refractivity contribution in [2.75, 3.05) is 6.54 Å². The van der Waals surface area contributed by atoms with E-state index in [4.69, 9.17) is 4.74 Å². The molecule has 1 fully saturated rings. The monoisotopic (exact) mass is 301 g/mol. The average molecular weight is 301 g/mol. The summed E-state index contributed by atoms with van der Waals surface area (Å²) in [6, 6.07) is 5.56. The fourth-order valence-electron chi connectivity index (χ4n) is 2.55. The molecule has 0 amide bonds. The first-order valence-electron chi connectivity index (χ1n) is 7.40. The molecule has 0 bridgehead atoms. The Kier molecular flexibility index (Phi) is 4.81. The number of halogens is 3. The van der Waals surface area contributed by atoms with Gasteiger partial charge in [0.25, 0.3) is 0 Å². The predicted molar refractivity (Wildman–Crippen MR) is 76.4 cm³/mol. The third kappa shape index (κ3) is 4.37. The van der Waals surface area contributed by atoms with Crippen LogP contribution in [0.1, 0.15) is 45.1 Å². The van der Waals surface area contributed by atoms with Gasteiger partial charge in [-0.25, -0.2) is 0 Å². The minimum Gasteiger partial charge on any atom is -0.487 e. The van der Waals surface area contributed by atoms with E-state index in [9.17, 15) is 13.2 Å². The van der Waals surface area contributed by atoms with E-state index in [1.54, 1.807) is 6.07 Å². The van der Waals surface area contributed by atoms with E-state index in [-0.39, 0.29) is 5.60 Å². The minimum atomic E-state index is -4.33. The van der Waals surface area contributed by atoms with Gasteiger partial charge in [-0.15, -0.1) is 0 Å². The van der Waals surface area contributed by atoms with E-state index >= 15 is 0 Å². The number of ether oxygens (including phenoxy) is 1. The minimum absolute atomic E-state index is 0.299. The van der Waals surface area contributed by atoms with Crippen molar-refractivity contribution in [3.8, 4) is 5.75 Å². The molecule has 0 spiro atoms. The summed E-state index contributed by atoms with van der Waals surface area (Å²) < 4.78 is 44.1. The quantitative estimate of drug-likeness (QED) is 0.841. The van der Waals surface area contributed by atoms with Crippen molar-refractivity contribution in [2.45, 2.75) is 57.3 Å². The Bertz CT molecular complexity index is 467. The first-order valence-corrected chi connectivity index (χ1v) is 7.40. The van der Waals surface area contributed by atoms with Gasteiger partial charge in [-0.05, 0) is 50.4 Å². The molecule has 0 heterocycles. The lowest BCUT2D eigenvalue weighted by Crippen LogP contribution is -2.46. The Hall–Kier alpha value is -1.23. The number of benzene rings is 1. The molecule has 5 heteroatoms. The van der Waals surface area contributed by atoms with Crippen LogP contribution < -0.4 is 10.1 Å². The van der Waals surface area contributed by atoms with Crippen LogP contribution in [-0.4, -0.2) is 18.2 Å². The van der Waals surface area contributed by atoms with Crippen molar-refractivity contribution in [3.63, 3.8) is 0 Å². The van der Waals surface area contributed by atoms with E-state index in [0.717, 1.165) is 44.4 Å².